The van der Waals surface area contributed by atoms with E-state index in [9.17, 15) is 24.5 Å². The van der Waals surface area contributed by atoms with Crippen molar-refractivity contribution in [1.29, 1.82) is 0 Å². The second kappa shape index (κ2) is 6.54. The number of imide groups is 1. The van der Waals surface area contributed by atoms with Gasteiger partial charge in [-0.25, -0.2) is 0 Å². The Morgan fingerprint density at radius 1 is 1.00 bits per heavy atom. The summed E-state index contributed by atoms with van der Waals surface area (Å²) in [6, 6.07) is 13.8. The monoisotopic (exact) mass is 439 g/mol. The van der Waals surface area contributed by atoms with Gasteiger partial charge >= 0.3 is 0 Å². The zero-order valence-electron chi connectivity index (χ0n) is 14.0. The van der Waals surface area contributed by atoms with Gasteiger partial charge in [0.1, 0.15) is 4.47 Å². The third kappa shape index (κ3) is 2.64. The van der Waals surface area contributed by atoms with E-state index >= 15 is 0 Å². The third-order valence-corrected chi connectivity index (χ3v) is 5.22. The lowest BCUT2D eigenvalue weighted by Gasteiger charge is -2.27. The molecule has 0 fully saturated rings. The van der Waals surface area contributed by atoms with Gasteiger partial charge in [0.05, 0.1) is 16.1 Å². The number of hydrogen-bond donors (Lipinski definition) is 1. The third-order valence-electron chi connectivity index (χ3n) is 4.39. The van der Waals surface area contributed by atoms with E-state index in [1.54, 1.807) is 30.3 Å². The molecular weight excluding hydrogens is 430 g/mol. The molecule has 0 radical (unpaired) electrons. The summed E-state index contributed by atoms with van der Waals surface area (Å²) in [5, 5.41) is 12.6. The van der Waals surface area contributed by atoms with Crippen LogP contribution >= 0.6 is 15.9 Å². The van der Waals surface area contributed by atoms with Crippen molar-refractivity contribution in [2.45, 2.75) is 0 Å². The molecule has 0 bridgehead atoms. The minimum Gasteiger partial charge on any atom is -0.267 e. The molecule has 0 saturated heterocycles. The van der Waals surface area contributed by atoms with Crippen molar-refractivity contribution in [3.05, 3.63) is 85.9 Å². The first-order valence-corrected chi connectivity index (χ1v) is 8.84. The van der Waals surface area contributed by atoms with Gasteiger partial charge in [-0.05, 0) is 34.1 Å². The Kier molecular flexibility index (Phi) is 4.16. The summed E-state index contributed by atoms with van der Waals surface area (Å²) in [5.74, 6) is -2.20. The molecule has 1 aliphatic rings. The molecule has 138 valence electrons. The van der Waals surface area contributed by atoms with Gasteiger partial charge in [-0.2, -0.15) is 5.01 Å². The van der Waals surface area contributed by atoms with Crippen LogP contribution in [0.2, 0.25) is 0 Å². The zero-order valence-corrected chi connectivity index (χ0v) is 15.6. The lowest BCUT2D eigenvalue weighted by Crippen LogP contribution is -2.51. The molecule has 28 heavy (non-hydrogen) atoms. The number of carbonyl (C=O) groups is 3. The summed E-state index contributed by atoms with van der Waals surface area (Å²) in [5.41, 5.74) is 2.37. The highest BCUT2D eigenvalue weighted by Gasteiger charge is 2.37. The molecule has 0 aromatic heterocycles. The number of hydrogen-bond acceptors (Lipinski definition) is 5. The van der Waals surface area contributed by atoms with Crippen LogP contribution in [0.15, 0.2) is 59.1 Å². The normalized spacial score (nSPS) is 13.0. The maximum absolute atomic E-state index is 12.9. The number of halogens is 1. The van der Waals surface area contributed by atoms with Gasteiger partial charge in [0.2, 0.25) is 0 Å². The predicted molar refractivity (Wildman–Crippen MR) is 103 cm³/mol. The summed E-state index contributed by atoms with van der Waals surface area (Å²) >= 11 is 3.18. The van der Waals surface area contributed by atoms with Crippen LogP contribution in [0.1, 0.15) is 31.1 Å². The van der Waals surface area contributed by atoms with Gasteiger partial charge in [-0.3, -0.25) is 29.9 Å². The van der Waals surface area contributed by atoms with Gasteiger partial charge in [-0.1, -0.05) is 30.3 Å². The highest BCUT2D eigenvalue weighted by molar-refractivity contribution is 9.10. The number of nitro benzene ring substituents is 1. The van der Waals surface area contributed by atoms with Gasteiger partial charge in [0.25, 0.3) is 23.4 Å². The van der Waals surface area contributed by atoms with Crippen LogP contribution in [-0.2, 0) is 0 Å². The molecular formula is C19H10BrN3O5. The Morgan fingerprint density at radius 3 is 2.36 bits per heavy atom. The molecule has 1 heterocycles. The molecule has 0 aliphatic carbocycles. The highest BCUT2D eigenvalue weighted by atomic mass is 79.9. The first-order valence-electron chi connectivity index (χ1n) is 8.04. The fourth-order valence-corrected chi connectivity index (χ4v) is 3.70. The smallest absolute Gasteiger partial charge is 0.267 e. The number of carbonyl (C=O) groups excluding carboxylic acids is 3. The second-order valence-electron chi connectivity index (χ2n) is 6.00. The molecule has 4 rings (SSSR count). The van der Waals surface area contributed by atoms with Crippen LogP contribution in [0.5, 0.6) is 0 Å². The number of hydrazine groups is 1. The van der Waals surface area contributed by atoms with Crippen molar-refractivity contribution in [1.82, 2.24) is 10.4 Å². The number of nitro groups is 1. The predicted octanol–water partition coefficient (Wildman–Crippen LogP) is 3.45. The van der Waals surface area contributed by atoms with Crippen LogP contribution in [0, 0.1) is 10.1 Å². The van der Waals surface area contributed by atoms with E-state index in [0.717, 1.165) is 6.07 Å². The van der Waals surface area contributed by atoms with E-state index in [1.807, 2.05) is 0 Å². The Hall–Kier alpha value is -3.59. The first-order chi connectivity index (χ1) is 13.4. The van der Waals surface area contributed by atoms with Crippen molar-refractivity contribution in [3.63, 3.8) is 0 Å². The molecule has 0 atom stereocenters. The number of rotatable bonds is 3. The van der Waals surface area contributed by atoms with Crippen molar-refractivity contribution in [3.8, 4) is 0 Å². The highest BCUT2D eigenvalue weighted by Crippen LogP contribution is 2.39. The molecule has 8 nitrogen and oxygen atoms in total. The first kappa shape index (κ1) is 17.8. The lowest BCUT2D eigenvalue weighted by atomic mass is 9.94. The van der Waals surface area contributed by atoms with Crippen molar-refractivity contribution in [2.75, 3.05) is 0 Å². The second-order valence-corrected chi connectivity index (χ2v) is 6.79. The van der Waals surface area contributed by atoms with E-state index < -0.39 is 22.6 Å². The molecule has 0 unspecified atom stereocenters. The van der Waals surface area contributed by atoms with Crippen LogP contribution in [0.25, 0.3) is 10.8 Å². The maximum atomic E-state index is 12.9. The topological polar surface area (TPSA) is 110 Å². The lowest BCUT2D eigenvalue weighted by molar-refractivity contribution is -0.385. The average Bonchev–Trinajstić information content (AvgIpc) is 2.70. The molecule has 3 amide bonds. The maximum Gasteiger partial charge on any atom is 0.284 e. The van der Waals surface area contributed by atoms with Crippen LogP contribution in [0.4, 0.5) is 5.69 Å². The van der Waals surface area contributed by atoms with Crippen LogP contribution in [-0.4, -0.2) is 27.7 Å². The number of amides is 3. The Labute approximate surface area is 166 Å². The number of nitrogens with zero attached hydrogens (tertiary/aromatic N) is 2. The van der Waals surface area contributed by atoms with E-state index in [1.165, 1.54) is 18.2 Å². The Morgan fingerprint density at radius 2 is 1.68 bits per heavy atom. The largest absolute Gasteiger partial charge is 0.284 e. The summed E-state index contributed by atoms with van der Waals surface area (Å²) < 4.78 is 0.181. The molecule has 0 saturated carbocycles. The summed E-state index contributed by atoms with van der Waals surface area (Å²) in [7, 11) is 0. The van der Waals surface area contributed by atoms with Gasteiger partial charge in [0.15, 0.2) is 0 Å². The Bertz CT molecular complexity index is 1190. The SMILES string of the molecule is O=C(NN1C(=O)c2cccc3c(Br)c([N+](=O)[O-])cc(c23)C1=O)c1ccccc1. The van der Waals surface area contributed by atoms with Gasteiger partial charge < -0.3 is 0 Å². The van der Waals surface area contributed by atoms with Gasteiger partial charge in [0, 0.05) is 22.4 Å². The summed E-state index contributed by atoms with van der Waals surface area (Å²) in [6.45, 7) is 0. The van der Waals surface area contributed by atoms with E-state index in [0.29, 0.717) is 15.8 Å². The van der Waals surface area contributed by atoms with E-state index in [-0.39, 0.29) is 26.9 Å². The van der Waals surface area contributed by atoms with Crippen LogP contribution in [0.3, 0.4) is 0 Å². The van der Waals surface area contributed by atoms with Crippen molar-refractivity contribution in [2.24, 2.45) is 0 Å². The molecule has 1 N–H and O–H groups in total. The van der Waals surface area contributed by atoms with Crippen LogP contribution < -0.4 is 5.43 Å². The quantitative estimate of drug-likeness (QED) is 0.381. The number of nitrogens with one attached hydrogen (secondary N) is 1. The summed E-state index contributed by atoms with van der Waals surface area (Å²) in [4.78, 5) is 48.9. The zero-order chi connectivity index (χ0) is 20.0. The standard InChI is InChI=1S/C19H10BrN3O5/c20-16-11-7-4-8-12-15(11)13(9-14(16)23(27)28)19(26)22(18(12)25)21-17(24)10-5-2-1-3-6-10/h1-9H,(H,21,24). The molecule has 1 aliphatic heterocycles. The fraction of sp³-hybridized carbons (Fsp3) is 0. The Balaban J connectivity index is 1.85. The van der Waals surface area contributed by atoms with Crippen molar-refractivity contribution < 1.29 is 19.3 Å². The molecule has 9 heteroatoms. The minimum atomic E-state index is -0.839. The number of benzene rings is 3. The van der Waals surface area contributed by atoms with E-state index in [4.69, 9.17) is 0 Å². The fourth-order valence-electron chi connectivity index (χ4n) is 3.11. The van der Waals surface area contributed by atoms with Crippen molar-refractivity contribution >= 4 is 50.1 Å². The molecule has 3 aromatic carbocycles. The molecule has 0 spiro atoms. The van der Waals surface area contributed by atoms with E-state index in [2.05, 4.69) is 21.4 Å². The molecule has 3 aromatic rings. The average molecular weight is 440 g/mol. The summed E-state index contributed by atoms with van der Waals surface area (Å²) in [6.07, 6.45) is 0. The van der Waals surface area contributed by atoms with Gasteiger partial charge in [-0.15, -0.1) is 0 Å². The minimum absolute atomic E-state index is 0.0338.